The van der Waals surface area contributed by atoms with E-state index in [4.69, 9.17) is 4.74 Å². The normalized spacial score (nSPS) is 16.9. The number of hydrogen-bond acceptors (Lipinski definition) is 3. The van der Waals surface area contributed by atoms with Crippen LogP contribution >= 0.6 is 0 Å². The minimum Gasteiger partial charge on any atom is -0.490 e. The Morgan fingerprint density at radius 3 is 2.85 bits per heavy atom. The van der Waals surface area contributed by atoms with Crippen molar-refractivity contribution in [2.75, 3.05) is 13.6 Å². The lowest BCUT2D eigenvalue weighted by Gasteiger charge is -2.14. The maximum absolute atomic E-state index is 12.1. The highest BCUT2D eigenvalue weighted by atomic mass is 16.5. The molecule has 1 atom stereocenters. The van der Waals surface area contributed by atoms with Crippen LogP contribution in [0.4, 0.5) is 0 Å². The van der Waals surface area contributed by atoms with Crippen molar-refractivity contribution in [3.05, 3.63) is 29.8 Å². The number of carbonyl (C=O) groups excluding carboxylic acids is 1. The van der Waals surface area contributed by atoms with Gasteiger partial charge in [0.2, 0.25) is 0 Å². The van der Waals surface area contributed by atoms with Gasteiger partial charge in [-0.25, -0.2) is 0 Å². The summed E-state index contributed by atoms with van der Waals surface area (Å²) in [6, 6.07) is 7.71. The Bertz CT molecular complexity index is 442. The number of likely N-dealkylation sites (N-methyl/N-ethyl adjacent to an activating group) is 1. The van der Waals surface area contributed by atoms with Gasteiger partial charge >= 0.3 is 0 Å². The van der Waals surface area contributed by atoms with E-state index in [1.807, 2.05) is 38.2 Å². The van der Waals surface area contributed by atoms with Gasteiger partial charge in [-0.3, -0.25) is 4.79 Å². The lowest BCUT2D eigenvalue weighted by atomic mass is 10.2. The molecule has 0 aliphatic heterocycles. The van der Waals surface area contributed by atoms with Gasteiger partial charge in [0.05, 0.1) is 6.10 Å². The van der Waals surface area contributed by atoms with Crippen LogP contribution in [0.25, 0.3) is 0 Å². The highest BCUT2D eigenvalue weighted by Gasteiger charge is 2.17. The Kier molecular flexibility index (Phi) is 5.41. The van der Waals surface area contributed by atoms with Crippen molar-refractivity contribution in [2.24, 2.45) is 0 Å². The molecule has 0 bridgehead atoms. The molecule has 1 aliphatic rings. The summed E-state index contributed by atoms with van der Waals surface area (Å²) in [5.74, 6) is 0.746. The van der Waals surface area contributed by atoms with Crippen molar-refractivity contribution in [1.82, 2.24) is 10.6 Å². The fraction of sp³-hybridized carbons (Fsp3) is 0.562. The smallest absolute Gasteiger partial charge is 0.251 e. The zero-order chi connectivity index (χ0) is 14.4. The number of ether oxygens (including phenoxy) is 1. The second kappa shape index (κ2) is 7.29. The molecular weight excluding hydrogens is 252 g/mol. The van der Waals surface area contributed by atoms with Gasteiger partial charge in [-0.1, -0.05) is 6.07 Å². The Hall–Kier alpha value is -1.55. The molecule has 4 heteroatoms. The van der Waals surface area contributed by atoms with E-state index in [1.165, 1.54) is 12.8 Å². The summed E-state index contributed by atoms with van der Waals surface area (Å²) in [5, 5.41) is 6.01. The molecule has 0 saturated heterocycles. The predicted octanol–water partition coefficient (Wildman–Crippen LogP) is 2.35. The average Bonchev–Trinajstić information content (AvgIpc) is 2.97. The van der Waals surface area contributed by atoms with Crippen LogP contribution in [0.15, 0.2) is 24.3 Å². The lowest BCUT2D eigenvalue weighted by Crippen LogP contribution is -2.37. The minimum atomic E-state index is -0.0519. The molecule has 0 aromatic heterocycles. The number of rotatable bonds is 6. The second-order valence-corrected chi connectivity index (χ2v) is 5.45. The molecule has 20 heavy (non-hydrogen) atoms. The summed E-state index contributed by atoms with van der Waals surface area (Å²) in [6.07, 6.45) is 5.05. The molecule has 1 fully saturated rings. The Balaban J connectivity index is 1.92. The van der Waals surface area contributed by atoms with Gasteiger partial charge in [-0.15, -0.1) is 0 Å². The van der Waals surface area contributed by atoms with Crippen LogP contribution in [0.2, 0.25) is 0 Å². The summed E-state index contributed by atoms with van der Waals surface area (Å²) < 4.78 is 5.92. The first kappa shape index (κ1) is 14.9. The minimum absolute atomic E-state index is 0.0519. The van der Waals surface area contributed by atoms with Gasteiger partial charge in [-0.2, -0.15) is 0 Å². The molecule has 1 aromatic rings. The third-order valence-corrected chi connectivity index (χ3v) is 3.76. The fourth-order valence-corrected chi connectivity index (χ4v) is 2.36. The van der Waals surface area contributed by atoms with Gasteiger partial charge < -0.3 is 15.4 Å². The molecular formula is C16H24N2O2. The summed E-state index contributed by atoms with van der Waals surface area (Å²) in [5.41, 5.74) is 0.656. The third kappa shape index (κ3) is 4.23. The van der Waals surface area contributed by atoms with Crippen molar-refractivity contribution >= 4 is 5.91 Å². The zero-order valence-electron chi connectivity index (χ0n) is 12.3. The SMILES string of the molecule is CNC(C)CNC(=O)c1cccc(OC2CCCC2)c1. The van der Waals surface area contributed by atoms with Crippen LogP contribution in [0.1, 0.15) is 43.0 Å². The lowest BCUT2D eigenvalue weighted by molar-refractivity contribution is 0.0949. The number of nitrogens with one attached hydrogen (secondary N) is 2. The molecule has 2 N–H and O–H groups in total. The van der Waals surface area contributed by atoms with E-state index >= 15 is 0 Å². The monoisotopic (exact) mass is 276 g/mol. The van der Waals surface area contributed by atoms with Crippen LogP contribution in [-0.4, -0.2) is 31.6 Å². The highest BCUT2D eigenvalue weighted by Crippen LogP contribution is 2.24. The molecule has 1 aromatic carbocycles. The fourth-order valence-electron chi connectivity index (χ4n) is 2.36. The van der Waals surface area contributed by atoms with E-state index in [2.05, 4.69) is 10.6 Å². The zero-order valence-corrected chi connectivity index (χ0v) is 12.3. The van der Waals surface area contributed by atoms with Crippen LogP contribution in [0.3, 0.4) is 0 Å². The van der Waals surface area contributed by atoms with E-state index in [-0.39, 0.29) is 11.9 Å². The van der Waals surface area contributed by atoms with Gasteiger partial charge in [0.1, 0.15) is 5.75 Å². The topological polar surface area (TPSA) is 50.4 Å². The van der Waals surface area contributed by atoms with E-state index in [0.717, 1.165) is 18.6 Å². The molecule has 2 rings (SSSR count). The number of carbonyl (C=O) groups is 1. The van der Waals surface area contributed by atoms with Crippen molar-refractivity contribution in [1.29, 1.82) is 0 Å². The summed E-state index contributed by atoms with van der Waals surface area (Å²) in [7, 11) is 1.88. The van der Waals surface area contributed by atoms with Crippen LogP contribution in [-0.2, 0) is 0 Å². The van der Waals surface area contributed by atoms with Crippen molar-refractivity contribution in [2.45, 2.75) is 44.8 Å². The second-order valence-electron chi connectivity index (χ2n) is 5.45. The molecule has 0 spiro atoms. The first-order valence-corrected chi connectivity index (χ1v) is 7.41. The van der Waals surface area contributed by atoms with E-state index in [1.54, 1.807) is 0 Å². The Labute approximate surface area is 120 Å². The average molecular weight is 276 g/mol. The molecule has 1 amide bonds. The standard InChI is InChI=1S/C16H24N2O2/c1-12(17-2)11-18-16(19)13-6-5-9-15(10-13)20-14-7-3-4-8-14/h5-6,9-10,12,14,17H,3-4,7-8,11H2,1-2H3,(H,18,19). The van der Waals surface area contributed by atoms with E-state index in [0.29, 0.717) is 18.2 Å². The molecule has 0 heterocycles. The largest absolute Gasteiger partial charge is 0.490 e. The van der Waals surface area contributed by atoms with Gasteiger partial charge in [0.25, 0.3) is 5.91 Å². The van der Waals surface area contributed by atoms with Crippen molar-refractivity contribution in [3.63, 3.8) is 0 Å². The van der Waals surface area contributed by atoms with Gasteiger partial charge in [0, 0.05) is 18.2 Å². The maximum Gasteiger partial charge on any atom is 0.251 e. The molecule has 1 saturated carbocycles. The molecule has 110 valence electrons. The van der Waals surface area contributed by atoms with Crippen molar-refractivity contribution in [3.8, 4) is 5.75 Å². The van der Waals surface area contributed by atoms with Crippen LogP contribution in [0.5, 0.6) is 5.75 Å². The predicted molar refractivity (Wildman–Crippen MR) is 80.2 cm³/mol. The Morgan fingerprint density at radius 1 is 1.40 bits per heavy atom. The van der Waals surface area contributed by atoms with Crippen LogP contribution < -0.4 is 15.4 Å². The highest BCUT2D eigenvalue weighted by molar-refractivity contribution is 5.94. The summed E-state index contributed by atoms with van der Waals surface area (Å²) in [4.78, 5) is 12.1. The summed E-state index contributed by atoms with van der Waals surface area (Å²) >= 11 is 0. The van der Waals surface area contributed by atoms with E-state index in [9.17, 15) is 4.79 Å². The van der Waals surface area contributed by atoms with Gasteiger partial charge in [-0.05, 0) is 57.9 Å². The molecule has 4 nitrogen and oxygen atoms in total. The van der Waals surface area contributed by atoms with Crippen molar-refractivity contribution < 1.29 is 9.53 Å². The maximum atomic E-state index is 12.1. The van der Waals surface area contributed by atoms with Crippen LogP contribution in [0, 0.1) is 0 Å². The first-order valence-electron chi connectivity index (χ1n) is 7.41. The number of amides is 1. The first-order chi connectivity index (χ1) is 9.69. The third-order valence-electron chi connectivity index (χ3n) is 3.76. The quantitative estimate of drug-likeness (QED) is 0.838. The number of hydrogen-bond donors (Lipinski definition) is 2. The molecule has 0 radical (unpaired) electrons. The van der Waals surface area contributed by atoms with E-state index < -0.39 is 0 Å². The Morgan fingerprint density at radius 2 is 2.15 bits per heavy atom. The molecule has 1 aliphatic carbocycles. The van der Waals surface area contributed by atoms with Gasteiger partial charge in [0.15, 0.2) is 0 Å². The molecule has 1 unspecified atom stereocenters. The number of benzene rings is 1. The summed E-state index contributed by atoms with van der Waals surface area (Å²) in [6.45, 7) is 2.64.